The van der Waals surface area contributed by atoms with Crippen molar-refractivity contribution in [3.8, 4) is 11.4 Å². The van der Waals surface area contributed by atoms with Gasteiger partial charge in [0.1, 0.15) is 11.6 Å². The number of ether oxygens (including phenoxy) is 1. The maximum absolute atomic E-state index is 14.2. The summed E-state index contributed by atoms with van der Waals surface area (Å²) in [5.74, 6) is -0.440. The summed E-state index contributed by atoms with van der Waals surface area (Å²) >= 11 is 7.22. The van der Waals surface area contributed by atoms with Crippen molar-refractivity contribution in [2.45, 2.75) is 18.6 Å². The summed E-state index contributed by atoms with van der Waals surface area (Å²) < 4.78 is 21.0. The Morgan fingerprint density at radius 3 is 2.54 bits per heavy atom. The number of anilines is 1. The van der Waals surface area contributed by atoms with Gasteiger partial charge in [-0.3, -0.25) is 14.2 Å². The molecule has 0 unspecified atom stereocenters. The Labute approximate surface area is 222 Å². The Morgan fingerprint density at radius 1 is 1.08 bits per heavy atom. The van der Waals surface area contributed by atoms with E-state index in [0.29, 0.717) is 22.4 Å². The van der Waals surface area contributed by atoms with E-state index in [0.717, 1.165) is 11.3 Å². The van der Waals surface area contributed by atoms with Crippen LogP contribution < -0.4 is 15.4 Å². The maximum atomic E-state index is 14.2. The highest BCUT2D eigenvalue weighted by molar-refractivity contribution is 7.99. The van der Waals surface area contributed by atoms with Gasteiger partial charge in [-0.15, -0.1) is 10.2 Å². The van der Waals surface area contributed by atoms with E-state index in [4.69, 9.17) is 16.3 Å². The van der Waals surface area contributed by atoms with Gasteiger partial charge < -0.3 is 15.4 Å². The highest BCUT2D eigenvalue weighted by Crippen LogP contribution is 2.24. The first kappa shape index (κ1) is 26.2. The average molecular weight is 540 g/mol. The molecule has 3 aromatic carbocycles. The smallest absolute Gasteiger partial charge is 0.256 e. The van der Waals surface area contributed by atoms with Gasteiger partial charge in [0.25, 0.3) is 5.91 Å². The molecule has 2 amide bonds. The molecule has 11 heteroatoms. The topological polar surface area (TPSA) is 98.1 Å². The normalized spacial score (nSPS) is 10.7. The SMILES string of the molecule is COc1ccc(NC(=O)CSc2nnc(CNC(=O)c3c(F)cccc3Cl)n2-c2cccc(C)c2)cc1. The molecule has 4 rings (SSSR count). The monoisotopic (exact) mass is 539 g/mol. The van der Waals surface area contributed by atoms with Gasteiger partial charge in [-0.1, -0.05) is 41.6 Å². The molecule has 0 atom stereocenters. The van der Waals surface area contributed by atoms with Gasteiger partial charge in [0.15, 0.2) is 11.0 Å². The minimum atomic E-state index is -0.718. The van der Waals surface area contributed by atoms with Gasteiger partial charge in [-0.2, -0.15) is 0 Å². The lowest BCUT2D eigenvalue weighted by atomic mass is 10.2. The third-order valence-electron chi connectivity index (χ3n) is 5.26. The summed E-state index contributed by atoms with van der Waals surface area (Å²) in [5, 5.41) is 14.4. The molecule has 0 aliphatic carbocycles. The maximum Gasteiger partial charge on any atom is 0.256 e. The molecule has 0 saturated carbocycles. The number of thioether (sulfide) groups is 1. The summed E-state index contributed by atoms with van der Waals surface area (Å²) in [6.07, 6.45) is 0. The van der Waals surface area contributed by atoms with E-state index in [1.165, 1.54) is 30.0 Å². The summed E-state index contributed by atoms with van der Waals surface area (Å²) in [4.78, 5) is 25.2. The highest BCUT2D eigenvalue weighted by atomic mass is 35.5. The van der Waals surface area contributed by atoms with Crippen LogP contribution in [0.25, 0.3) is 5.69 Å². The van der Waals surface area contributed by atoms with Crippen molar-refractivity contribution in [2.75, 3.05) is 18.2 Å². The molecular formula is C26H23ClFN5O3S. The number of halogens is 2. The van der Waals surface area contributed by atoms with Crippen LogP contribution in [-0.4, -0.2) is 39.4 Å². The van der Waals surface area contributed by atoms with Gasteiger partial charge in [0.05, 0.1) is 30.0 Å². The number of carbonyl (C=O) groups excluding carboxylic acids is 2. The molecule has 0 radical (unpaired) electrons. The summed E-state index contributed by atoms with van der Waals surface area (Å²) in [6, 6.07) is 18.7. The predicted octanol–water partition coefficient (Wildman–Crippen LogP) is 5.04. The fourth-order valence-corrected chi connectivity index (χ4v) is 4.52. The quantitative estimate of drug-likeness (QED) is 0.289. The predicted molar refractivity (Wildman–Crippen MR) is 141 cm³/mol. The Balaban J connectivity index is 1.51. The van der Waals surface area contributed by atoms with Gasteiger partial charge in [0.2, 0.25) is 5.91 Å². The summed E-state index contributed by atoms with van der Waals surface area (Å²) in [5.41, 5.74) is 2.17. The van der Waals surface area contributed by atoms with Crippen LogP contribution in [0, 0.1) is 12.7 Å². The number of carbonyl (C=O) groups is 2. The summed E-state index contributed by atoms with van der Waals surface area (Å²) in [7, 11) is 1.57. The van der Waals surface area contributed by atoms with Crippen LogP contribution in [0.1, 0.15) is 21.7 Å². The second kappa shape index (κ2) is 11.9. The number of aryl methyl sites for hydroxylation is 1. The highest BCUT2D eigenvalue weighted by Gasteiger charge is 2.19. The second-order valence-corrected chi connectivity index (χ2v) is 9.27. The Morgan fingerprint density at radius 2 is 1.84 bits per heavy atom. The van der Waals surface area contributed by atoms with Crippen molar-refractivity contribution in [3.63, 3.8) is 0 Å². The first-order valence-corrected chi connectivity index (χ1v) is 12.5. The molecule has 0 aliphatic rings. The molecule has 1 heterocycles. The number of nitrogens with one attached hydrogen (secondary N) is 2. The molecule has 37 heavy (non-hydrogen) atoms. The van der Waals surface area contributed by atoms with E-state index in [2.05, 4.69) is 20.8 Å². The molecule has 4 aromatic rings. The number of aromatic nitrogens is 3. The number of rotatable bonds is 9. The lowest BCUT2D eigenvalue weighted by Crippen LogP contribution is -2.26. The number of hydrogen-bond acceptors (Lipinski definition) is 6. The van der Waals surface area contributed by atoms with Crippen LogP contribution in [0.5, 0.6) is 5.75 Å². The standard InChI is InChI=1S/C26H23ClFN5O3S/c1-16-5-3-6-18(13-16)33-22(14-29-25(35)24-20(27)7-4-8-21(24)28)31-32-26(33)37-15-23(34)30-17-9-11-19(36-2)12-10-17/h3-13H,14-15H2,1-2H3,(H,29,35)(H,30,34). The van der Waals surface area contributed by atoms with Crippen molar-refractivity contribution in [3.05, 3.63) is 94.5 Å². The number of nitrogens with zero attached hydrogens (tertiary/aromatic N) is 3. The lowest BCUT2D eigenvalue weighted by Gasteiger charge is -2.12. The van der Waals surface area contributed by atoms with Crippen LogP contribution in [0.2, 0.25) is 5.02 Å². The number of methoxy groups -OCH3 is 1. The zero-order valence-corrected chi connectivity index (χ0v) is 21.6. The zero-order chi connectivity index (χ0) is 26.4. The third kappa shape index (κ3) is 6.46. The van der Waals surface area contributed by atoms with Gasteiger partial charge in [-0.05, 0) is 61.0 Å². The first-order chi connectivity index (χ1) is 17.9. The minimum absolute atomic E-state index is 0.0109. The molecule has 0 bridgehead atoms. The van der Waals surface area contributed by atoms with E-state index in [1.807, 2.05) is 31.2 Å². The van der Waals surface area contributed by atoms with Crippen LogP contribution >= 0.6 is 23.4 Å². The molecule has 0 aliphatic heterocycles. The van der Waals surface area contributed by atoms with Crippen LogP contribution in [0.15, 0.2) is 71.9 Å². The van der Waals surface area contributed by atoms with E-state index in [-0.39, 0.29) is 28.8 Å². The Hall–Kier alpha value is -3.89. The van der Waals surface area contributed by atoms with Gasteiger partial charge in [0, 0.05) is 11.4 Å². The van der Waals surface area contributed by atoms with E-state index in [9.17, 15) is 14.0 Å². The van der Waals surface area contributed by atoms with Crippen LogP contribution in [-0.2, 0) is 11.3 Å². The lowest BCUT2D eigenvalue weighted by molar-refractivity contribution is -0.113. The van der Waals surface area contributed by atoms with Crippen LogP contribution in [0.4, 0.5) is 10.1 Å². The van der Waals surface area contributed by atoms with Crippen LogP contribution in [0.3, 0.4) is 0 Å². The third-order valence-corrected chi connectivity index (χ3v) is 6.51. The first-order valence-electron chi connectivity index (χ1n) is 11.2. The molecule has 190 valence electrons. The molecule has 2 N–H and O–H groups in total. The molecular weight excluding hydrogens is 517 g/mol. The number of hydrogen-bond donors (Lipinski definition) is 2. The average Bonchev–Trinajstić information content (AvgIpc) is 3.29. The van der Waals surface area contributed by atoms with Crippen molar-refractivity contribution in [2.24, 2.45) is 0 Å². The fourth-order valence-electron chi connectivity index (χ4n) is 3.50. The molecule has 0 saturated heterocycles. The van der Waals surface area contributed by atoms with Crippen molar-refractivity contribution in [1.82, 2.24) is 20.1 Å². The van der Waals surface area contributed by atoms with Crippen molar-refractivity contribution < 1.29 is 18.7 Å². The number of amides is 2. The Bertz CT molecular complexity index is 1410. The largest absolute Gasteiger partial charge is 0.497 e. The molecule has 0 spiro atoms. The molecule has 1 aromatic heterocycles. The van der Waals surface area contributed by atoms with E-state index in [1.54, 1.807) is 35.9 Å². The minimum Gasteiger partial charge on any atom is -0.497 e. The van der Waals surface area contributed by atoms with Gasteiger partial charge in [-0.25, -0.2) is 4.39 Å². The summed E-state index contributed by atoms with van der Waals surface area (Å²) in [6.45, 7) is 1.91. The molecule has 0 fully saturated rings. The molecule has 8 nitrogen and oxygen atoms in total. The van der Waals surface area contributed by atoms with Gasteiger partial charge >= 0.3 is 0 Å². The second-order valence-electron chi connectivity index (χ2n) is 7.92. The fraction of sp³-hybridized carbons (Fsp3) is 0.154. The van der Waals surface area contributed by atoms with Crippen molar-refractivity contribution >= 4 is 40.9 Å². The van der Waals surface area contributed by atoms with E-state index < -0.39 is 11.7 Å². The zero-order valence-electron chi connectivity index (χ0n) is 20.0. The van der Waals surface area contributed by atoms with E-state index >= 15 is 0 Å². The van der Waals surface area contributed by atoms with Crippen molar-refractivity contribution in [1.29, 1.82) is 0 Å². The number of benzene rings is 3. The Kier molecular flexibility index (Phi) is 8.42.